The van der Waals surface area contributed by atoms with Crippen molar-refractivity contribution < 1.29 is 20.3 Å². The first-order valence-electron chi connectivity index (χ1n) is 6.71. The van der Waals surface area contributed by atoms with Crippen molar-refractivity contribution in [2.24, 2.45) is 11.3 Å². The Hall–Kier alpha value is -0.0366. The number of aryl methyl sites for hydroxylation is 2. The molecule has 0 saturated heterocycles. The Morgan fingerprint density at radius 3 is 1.81 bits per heavy atom. The van der Waals surface area contributed by atoms with Crippen molar-refractivity contribution in [1.82, 2.24) is 0 Å². The fourth-order valence-electron chi connectivity index (χ4n) is 2.02. The van der Waals surface area contributed by atoms with E-state index in [9.17, 15) is 5.11 Å². The summed E-state index contributed by atoms with van der Waals surface area (Å²) < 4.78 is 0. The van der Waals surface area contributed by atoms with Gasteiger partial charge < -0.3 is 12.5 Å². The molecule has 1 N–H and O–H groups in total. The maximum absolute atomic E-state index is 10.6. The summed E-state index contributed by atoms with van der Waals surface area (Å²) in [7, 11) is 9.90. The third-order valence-corrected chi connectivity index (χ3v) is 3.88. The summed E-state index contributed by atoms with van der Waals surface area (Å²) in [4.78, 5) is 0. The first-order chi connectivity index (χ1) is 9.09. The summed E-state index contributed by atoms with van der Waals surface area (Å²) in [5, 5.41) is 12.5. The first-order valence-corrected chi connectivity index (χ1v) is 14.5. The van der Waals surface area contributed by atoms with Crippen LogP contribution in [0.15, 0.2) is 12.1 Å². The summed E-state index contributed by atoms with van der Waals surface area (Å²) in [6, 6.07) is 4.05. The number of benzene rings is 1. The molecule has 0 amide bonds. The number of hydrogen-bond donors (Lipinski definition) is 1. The van der Waals surface area contributed by atoms with Crippen LogP contribution in [0.2, 0.25) is 0 Å². The summed E-state index contributed by atoms with van der Waals surface area (Å²) in [6.07, 6.45) is 0. The van der Waals surface area contributed by atoms with E-state index in [4.69, 9.17) is 19.4 Å². The molecule has 0 heterocycles. The summed E-state index contributed by atoms with van der Waals surface area (Å²) in [5.74, 6) is 0.878. The third kappa shape index (κ3) is 6.31. The van der Waals surface area contributed by atoms with Crippen LogP contribution in [0.3, 0.4) is 0 Å². The molecule has 21 heavy (non-hydrogen) atoms. The SMILES string of the molecule is C=c1cc(C)c(=C(O)C(C)(C)C(C)C)c(C)c1.[CH3-].[Cl][Zn][Cl]. The van der Waals surface area contributed by atoms with E-state index in [1.807, 2.05) is 26.0 Å². The molecule has 1 nitrogen and oxygen atoms in total. The first kappa shape index (κ1) is 23.2. The van der Waals surface area contributed by atoms with Crippen molar-refractivity contribution in [1.29, 1.82) is 0 Å². The van der Waals surface area contributed by atoms with Crippen molar-refractivity contribution in [3.63, 3.8) is 0 Å². The molecule has 0 saturated carbocycles. The van der Waals surface area contributed by atoms with Gasteiger partial charge in [0.25, 0.3) is 0 Å². The number of rotatable bonds is 2. The number of aliphatic hydroxyl groups is 1. The zero-order valence-electron chi connectivity index (χ0n) is 14.3. The molecule has 0 aliphatic heterocycles. The molecular weight excluding hydrogens is 356 g/mol. The van der Waals surface area contributed by atoms with E-state index in [1.54, 1.807) is 0 Å². The quantitative estimate of drug-likeness (QED) is 0.569. The molecular formula is C17H27Cl2OZn-. The number of hydrogen-bond acceptors (Lipinski definition) is 1. The zero-order chi connectivity index (χ0) is 16.1. The van der Waals surface area contributed by atoms with Gasteiger partial charge in [0.15, 0.2) is 0 Å². The van der Waals surface area contributed by atoms with Crippen LogP contribution in [0, 0.1) is 32.6 Å². The van der Waals surface area contributed by atoms with Gasteiger partial charge in [-0.2, -0.15) is 0 Å². The predicted molar refractivity (Wildman–Crippen MR) is 93.5 cm³/mol. The minimum atomic E-state index is -0.931. The Labute approximate surface area is 145 Å². The van der Waals surface area contributed by atoms with Gasteiger partial charge in [-0.25, -0.2) is 0 Å². The van der Waals surface area contributed by atoms with Crippen molar-refractivity contribution in [3.8, 4) is 0 Å². The number of aliphatic hydroxyl groups excluding tert-OH is 1. The molecule has 1 rings (SSSR count). The van der Waals surface area contributed by atoms with E-state index >= 15 is 0 Å². The van der Waals surface area contributed by atoms with Crippen LogP contribution < -0.4 is 10.4 Å². The van der Waals surface area contributed by atoms with Crippen LogP contribution in [0.5, 0.6) is 0 Å². The molecule has 0 aromatic heterocycles. The van der Waals surface area contributed by atoms with E-state index in [1.165, 1.54) is 0 Å². The maximum atomic E-state index is 10.6. The van der Waals surface area contributed by atoms with Crippen molar-refractivity contribution in [2.75, 3.05) is 0 Å². The van der Waals surface area contributed by atoms with Crippen molar-refractivity contribution in [3.05, 3.63) is 41.1 Å². The van der Waals surface area contributed by atoms with Crippen LogP contribution in [-0.4, -0.2) is 5.11 Å². The van der Waals surface area contributed by atoms with Crippen LogP contribution in [-0.2, 0) is 15.1 Å². The van der Waals surface area contributed by atoms with Gasteiger partial charge in [0.1, 0.15) is 5.76 Å². The molecule has 0 unspecified atom stereocenters. The molecule has 0 radical (unpaired) electrons. The normalized spacial score (nSPS) is 10.1. The second-order valence-electron chi connectivity index (χ2n) is 5.93. The molecule has 0 aliphatic carbocycles. The van der Waals surface area contributed by atoms with Gasteiger partial charge in [0.05, 0.1) is 0 Å². The summed E-state index contributed by atoms with van der Waals surface area (Å²) >= 11 is -0.931. The third-order valence-electron chi connectivity index (χ3n) is 3.88. The van der Waals surface area contributed by atoms with E-state index in [0.717, 1.165) is 21.6 Å². The molecule has 0 atom stereocenters. The van der Waals surface area contributed by atoms with Gasteiger partial charge in [-0.3, -0.25) is 0 Å². The molecule has 0 aliphatic rings. The topological polar surface area (TPSA) is 20.2 Å². The molecule has 1 aromatic carbocycles. The Bertz CT molecular complexity index is 521. The molecule has 4 heteroatoms. The van der Waals surface area contributed by atoms with Gasteiger partial charge in [0, 0.05) is 10.6 Å². The van der Waals surface area contributed by atoms with Crippen LogP contribution in [0.1, 0.15) is 38.8 Å². The van der Waals surface area contributed by atoms with E-state index in [0.29, 0.717) is 11.7 Å². The second-order valence-corrected chi connectivity index (χ2v) is 10.6. The Kier molecular flexibility index (Phi) is 10.9. The van der Waals surface area contributed by atoms with Gasteiger partial charge in [-0.1, -0.05) is 46.4 Å². The molecule has 1 aromatic rings. The molecule has 0 spiro atoms. The van der Waals surface area contributed by atoms with Crippen LogP contribution in [0.25, 0.3) is 12.3 Å². The fraction of sp³-hybridized carbons (Fsp3) is 0.471. The molecule has 0 fully saturated rings. The Morgan fingerprint density at radius 1 is 1.19 bits per heavy atom. The second kappa shape index (κ2) is 9.87. The standard InChI is InChI=1S/C16H24O.CH3.2ClH.Zn/c1-10(2)16(6,7)15(17)14-12(4)8-11(3)9-13(14)5;;;;/h8-10,17H,3H2,1-2,4-7H3;1H3;2*1H;/q;-1;;;+2/p-2. The predicted octanol–water partition coefficient (Wildman–Crippen LogP) is 4.89. The molecule has 0 bridgehead atoms. The van der Waals surface area contributed by atoms with E-state index in [-0.39, 0.29) is 12.8 Å². The minimum absolute atomic E-state index is 0. The Balaban J connectivity index is 0. The Morgan fingerprint density at radius 2 is 1.52 bits per heavy atom. The number of halogens is 2. The van der Waals surface area contributed by atoms with Crippen LogP contribution >= 0.6 is 19.4 Å². The summed E-state index contributed by atoms with van der Waals surface area (Å²) in [6.45, 7) is 16.5. The summed E-state index contributed by atoms with van der Waals surface area (Å²) in [5.41, 5.74) is 1.99. The van der Waals surface area contributed by atoms with Crippen LogP contribution in [0.4, 0.5) is 0 Å². The zero-order valence-corrected chi connectivity index (χ0v) is 18.8. The van der Waals surface area contributed by atoms with Gasteiger partial charge in [-0.05, 0) is 36.1 Å². The monoisotopic (exact) mass is 381 g/mol. The van der Waals surface area contributed by atoms with Gasteiger partial charge >= 0.3 is 34.5 Å². The van der Waals surface area contributed by atoms with E-state index in [2.05, 4.69) is 34.3 Å². The average Bonchev–Trinajstić information content (AvgIpc) is 2.27. The van der Waals surface area contributed by atoms with Gasteiger partial charge in [-0.15, -0.1) is 0 Å². The van der Waals surface area contributed by atoms with Crippen molar-refractivity contribution in [2.45, 2.75) is 41.5 Å². The average molecular weight is 384 g/mol. The van der Waals surface area contributed by atoms with E-state index < -0.39 is 15.1 Å². The fourth-order valence-corrected chi connectivity index (χ4v) is 2.02. The molecule has 118 valence electrons. The van der Waals surface area contributed by atoms with Crippen molar-refractivity contribution >= 4 is 31.7 Å². The van der Waals surface area contributed by atoms with Gasteiger partial charge in [0.2, 0.25) is 0 Å².